The Morgan fingerprint density at radius 1 is 1.15 bits per heavy atom. The highest BCUT2D eigenvalue weighted by atomic mass is 35.5. The van der Waals surface area contributed by atoms with Crippen molar-refractivity contribution in [3.63, 3.8) is 0 Å². The Hall–Kier alpha value is -2.18. The molecule has 3 rings (SSSR count). The Morgan fingerprint density at radius 2 is 1.85 bits per heavy atom. The van der Waals surface area contributed by atoms with E-state index in [0.717, 1.165) is 12.8 Å². The number of carbonyl (C=O) groups is 1. The third kappa shape index (κ3) is 4.71. The molecule has 2 aromatic rings. The summed E-state index contributed by atoms with van der Waals surface area (Å²) < 4.78 is 1.24. The zero-order valence-electron chi connectivity index (χ0n) is 14.6. The molecule has 0 radical (unpaired) electrons. The van der Waals surface area contributed by atoms with Crippen LogP contribution in [0.1, 0.15) is 42.6 Å². The summed E-state index contributed by atoms with van der Waals surface area (Å²) in [5, 5.41) is 7.24. The summed E-state index contributed by atoms with van der Waals surface area (Å²) in [6.07, 6.45) is 5.83. The summed E-state index contributed by atoms with van der Waals surface area (Å²) in [6.45, 7) is 0.411. The van der Waals surface area contributed by atoms with Crippen LogP contribution < -0.4 is 16.6 Å². The van der Waals surface area contributed by atoms with Gasteiger partial charge in [-0.25, -0.2) is 0 Å². The third-order valence-corrected chi connectivity index (χ3v) is 4.82. The average molecular weight is 377 g/mol. The minimum Gasteiger partial charge on any atom is -0.346 e. The number of nitrogens with two attached hydrogens (primary N) is 1. The number of benzene rings is 1. The molecule has 1 aromatic carbocycles. The second kappa shape index (κ2) is 9.50. The summed E-state index contributed by atoms with van der Waals surface area (Å²) in [7, 11) is 0. The van der Waals surface area contributed by atoms with Crippen LogP contribution in [0.25, 0.3) is 5.69 Å². The molecule has 140 valence electrons. The van der Waals surface area contributed by atoms with Gasteiger partial charge in [0, 0.05) is 18.7 Å². The predicted molar refractivity (Wildman–Crippen MR) is 104 cm³/mol. The highest BCUT2D eigenvalue weighted by molar-refractivity contribution is 5.92. The van der Waals surface area contributed by atoms with Crippen molar-refractivity contribution in [3.8, 4) is 5.69 Å². The number of halogens is 1. The first-order valence-corrected chi connectivity index (χ1v) is 8.86. The van der Waals surface area contributed by atoms with Crippen LogP contribution in [0.15, 0.2) is 47.3 Å². The minimum absolute atomic E-state index is 0. The monoisotopic (exact) mass is 376 g/mol. The molecule has 7 heteroatoms. The van der Waals surface area contributed by atoms with Crippen LogP contribution in [-0.2, 0) is 0 Å². The summed E-state index contributed by atoms with van der Waals surface area (Å²) >= 11 is 0. The number of nitrogens with one attached hydrogen (secondary N) is 1. The van der Waals surface area contributed by atoms with Gasteiger partial charge in [0.1, 0.15) is 5.69 Å². The number of hydrogen-bond donors (Lipinski definition) is 2. The molecule has 0 bridgehead atoms. The van der Waals surface area contributed by atoms with Crippen molar-refractivity contribution in [2.75, 3.05) is 6.54 Å². The normalized spacial score (nSPS) is 15.7. The lowest BCUT2D eigenvalue weighted by Gasteiger charge is -2.29. The van der Waals surface area contributed by atoms with Gasteiger partial charge in [-0.1, -0.05) is 37.5 Å². The number of aromatic nitrogens is 2. The van der Waals surface area contributed by atoms with Gasteiger partial charge in [-0.2, -0.15) is 9.78 Å². The van der Waals surface area contributed by atoms with Gasteiger partial charge in [0.15, 0.2) is 0 Å². The summed E-state index contributed by atoms with van der Waals surface area (Å²) in [4.78, 5) is 24.7. The van der Waals surface area contributed by atoms with E-state index in [1.54, 1.807) is 12.1 Å². The Bertz CT molecular complexity index is 773. The van der Waals surface area contributed by atoms with E-state index in [2.05, 4.69) is 10.4 Å². The average Bonchev–Trinajstić information content (AvgIpc) is 2.67. The molecule has 1 unspecified atom stereocenters. The number of hydrogen-bond acceptors (Lipinski definition) is 4. The molecule has 1 aromatic heterocycles. The maximum absolute atomic E-state index is 12.6. The molecule has 1 fully saturated rings. The van der Waals surface area contributed by atoms with Crippen molar-refractivity contribution in [1.29, 1.82) is 0 Å². The standard InChI is InChI=1S/C19H24N4O2.ClH/c20-13-17(14-7-3-1-4-8-14)21-19(25)16-11-12-18(24)23(22-16)15-9-5-2-6-10-15;/h2,5-6,9-12,14,17H,1,3-4,7-8,13,20H2,(H,21,25);1H. The molecule has 3 N–H and O–H groups in total. The first kappa shape index (κ1) is 20.1. The molecule has 1 aliphatic carbocycles. The van der Waals surface area contributed by atoms with Gasteiger partial charge in [0.2, 0.25) is 0 Å². The molecule has 0 spiro atoms. The van der Waals surface area contributed by atoms with Gasteiger partial charge >= 0.3 is 0 Å². The molecule has 1 atom stereocenters. The zero-order valence-corrected chi connectivity index (χ0v) is 15.5. The third-order valence-electron chi connectivity index (χ3n) is 4.82. The van der Waals surface area contributed by atoms with Crippen molar-refractivity contribution in [3.05, 3.63) is 58.5 Å². The molecule has 1 heterocycles. The Morgan fingerprint density at radius 3 is 2.50 bits per heavy atom. The van der Waals surface area contributed by atoms with E-state index in [0.29, 0.717) is 18.2 Å². The fourth-order valence-electron chi connectivity index (χ4n) is 3.43. The van der Waals surface area contributed by atoms with Crippen LogP contribution in [0, 0.1) is 5.92 Å². The highest BCUT2D eigenvalue weighted by Gasteiger charge is 2.25. The van der Waals surface area contributed by atoms with Crippen LogP contribution >= 0.6 is 12.4 Å². The summed E-state index contributed by atoms with van der Waals surface area (Å²) in [5.41, 5.74) is 6.46. The predicted octanol–water partition coefficient (Wildman–Crippen LogP) is 2.29. The molecule has 0 aliphatic heterocycles. The highest BCUT2D eigenvalue weighted by Crippen LogP contribution is 2.26. The quantitative estimate of drug-likeness (QED) is 0.837. The fourth-order valence-corrected chi connectivity index (χ4v) is 3.43. The first-order valence-electron chi connectivity index (χ1n) is 8.86. The van der Waals surface area contributed by atoms with Gasteiger partial charge in [-0.3, -0.25) is 9.59 Å². The van der Waals surface area contributed by atoms with Crippen LogP contribution in [-0.4, -0.2) is 28.3 Å². The van der Waals surface area contributed by atoms with Crippen molar-refractivity contribution in [2.24, 2.45) is 11.7 Å². The van der Waals surface area contributed by atoms with Crippen LogP contribution in [0.3, 0.4) is 0 Å². The Balaban J connectivity index is 0.00000243. The van der Waals surface area contributed by atoms with E-state index in [-0.39, 0.29) is 35.6 Å². The van der Waals surface area contributed by atoms with Crippen molar-refractivity contribution in [2.45, 2.75) is 38.1 Å². The second-order valence-corrected chi connectivity index (χ2v) is 6.52. The lowest BCUT2D eigenvalue weighted by Crippen LogP contribution is -2.46. The van der Waals surface area contributed by atoms with Crippen molar-refractivity contribution in [1.82, 2.24) is 15.1 Å². The van der Waals surface area contributed by atoms with E-state index in [1.807, 2.05) is 18.2 Å². The molecule has 0 saturated heterocycles. The Labute approximate surface area is 159 Å². The Kier molecular flexibility index (Phi) is 7.36. The maximum atomic E-state index is 12.6. The van der Waals surface area contributed by atoms with Gasteiger partial charge in [0.25, 0.3) is 11.5 Å². The largest absolute Gasteiger partial charge is 0.346 e. The van der Waals surface area contributed by atoms with Gasteiger partial charge < -0.3 is 11.1 Å². The first-order chi connectivity index (χ1) is 12.2. The lowest BCUT2D eigenvalue weighted by molar-refractivity contribution is 0.0908. The maximum Gasteiger partial charge on any atom is 0.272 e. The van der Waals surface area contributed by atoms with Gasteiger partial charge in [0.05, 0.1) is 5.69 Å². The van der Waals surface area contributed by atoms with Gasteiger partial charge in [-0.05, 0) is 37.0 Å². The van der Waals surface area contributed by atoms with E-state index in [9.17, 15) is 9.59 Å². The molecular formula is C19H25ClN4O2. The topological polar surface area (TPSA) is 90.0 Å². The molecule has 1 saturated carbocycles. The van der Waals surface area contributed by atoms with Crippen molar-refractivity contribution >= 4 is 18.3 Å². The zero-order chi connectivity index (χ0) is 17.6. The summed E-state index contributed by atoms with van der Waals surface area (Å²) in [6, 6.07) is 11.8. The van der Waals surface area contributed by atoms with Gasteiger partial charge in [-0.15, -0.1) is 12.4 Å². The van der Waals surface area contributed by atoms with Crippen LogP contribution in [0.5, 0.6) is 0 Å². The fraction of sp³-hybridized carbons (Fsp3) is 0.421. The number of nitrogens with zero attached hydrogens (tertiary/aromatic N) is 2. The molecule has 26 heavy (non-hydrogen) atoms. The second-order valence-electron chi connectivity index (χ2n) is 6.52. The molecule has 6 nitrogen and oxygen atoms in total. The summed E-state index contributed by atoms with van der Waals surface area (Å²) in [5.74, 6) is 0.133. The van der Waals surface area contributed by atoms with Crippen LogP contribution in [0.4, 0.5) is 0 Å². The van der Waals surface area contributed by atoms with E-state index < -0.39 is 0 Å². The molecule has 1 amide bonds. The SMILES string of the molecule is Cl.NCC(NC(=O)c1ccc(=O)n(-c2ccccc2)n1)C1CCCCC1. The van der Waals surface area contributed by atoms with E-state index in [4.69, 9.17) is 5.73 Å². The van der Waals surface area contributed by atoms with E-state index >= 15 is 0 Å². The number of rotatable bonds is 5. The van der Waals surface area contributed by atoms with Crippen molar-refractivity contribution < 1.29 is 4.79 Å². The van der Waals surface area contributed by atoms with Crippen LogP contribution in [0.2, 0.25) is 0 Å². The minimum atomic E-state index is -0.286. The number of amides is 1. The molecular weight excluding hydrogens is 352 g/mol. The lowest BCUT2D eigenvalue weighted by atomic mass is 9.84. The molecule has 1 aliphatic rings. The smallest absolute Gasteiger partial charge is 0.272 e. The number of para-hydroxylation sites is 1. The number of carbonyl (C=O) groups excluding carboxylic acids is 1. The van der Waals surface area contributed by atoms with E-state index in [1.165, 1.54) is 36.1 Å².